The molecule has 88 valence electrons. The van der Waals surface area contributed by atoms with Crippen molar-refractivity contribution in [2.75, 3.05) is 6.54 Å². The fraction of sp³-hybridized carbons (Fsp3) is 0.643. The summed E-state index contributed by atoms with van der Waals surface area (Å²) in [6.07, 6.45) is 6.78. The molecule has 2 heteroatoms. The lowest BCUT2D eigenvalue weighted by atomic mass is 9.92. The molecule has 1 aliphatic heterocycles. The largest absolute Gasteiger partial charge is 0.314 e. The lowest BCUT2D eigenvalue weighted by Crippen LogP contribution is -2.38. The number of pyridine rings is 1. The highest BCUT2D eigenvalue weighted by atomic mass is 14.9. The zero-order valence-electron chi connectivity index (χ0n) is 10.4. The van der Waals surface area contributed by atoms with Crippen LogP contribution in [0.3, 0.4) is 0 Å². The van der Waals surface area contributed by atoms with Crippen LogP contribution in [0.2, 0.25) is 0 Å². The lowest BCUT2D eigenvalue weighted by molar-refractivity contribution is 0.317. The zero-order chi connectivity index (χ0) is 11.4. The second kappa shape index (κ2) is 5.44. The summed E-state index contributed by atoms with van der Waals surface area (Å²) < 4.78 is 0. The Morgan fingerprint density at radius 3 is 2.94 bits per heavy atom. The second-order valence-electron chi connectivity index (χ2n) is 5.00. The normalized spacial score (nSPS) is 25.6. The molecule has 0 spiro atoms. The van der Waals surface area contributed by atoms with Crippen molar-refractivity contribution in [3.63, 3.8) is 0 Å². The summed E-state index contributed by atoms with van der Waals surface area (Å²) in [6.45, 7) is 5.68. The van der Waals surface area contributed by atoms with E-state index < -0.39 is 0 Å². The van der Waals surface area contributed by atoms with Crippen LogP contribution in [0.5, 0.6) is 0 Å². The number of nitrogens with one attached hydrogen (secondary N) is 1. The van der Waals surface area contributed by atoms with Crippen LogP contribution in [-0.2, 0) is 12.8 Å². The maximum atomic E-state index is 4.53. The van der Waals surface area contributed by atoms with Crippen molar-refractivity contribution < 1.29 is 0 Å². The van der Waals surface area contributed by atoms with Crippen LogP contribution in [0.4, 0.5) is 0 Å². The maximum Gasteiger partial charge on any atom is 0.0419 e. The van der Waals surface area contributed by atoms with Crippen molar-refractivity contribution in [2.45, 2.75) is 45.6 Å². The van der Waals surface area contributed by atoms with Crippen molar-refractivity contribution in [1.82, 2.24) is 10.3 Å². The van der Waals surface area contributed by atoms with Gasteiger partial charge in [0, 0.05) is 24.4 Å². The molecule has 2 nitrogen and oxygen atoms in total. The van der Waals surface area contributed by atoms with Gasteiger partial charge in [-0.15, -0.1) is 0 Å². The first-order valence-corrected chi connectivity index (χ1v) is 6.45. The highest BCUT2D eigenvalue weighted by molar-refractivity contribution is 5.14. The van der Waals surface area contributed by atoms with Gasteiger partial charge in [0.15, 0.2) is 0 Å². The quantitative estimate of drug-likeness (QED) is 0.843. The summed E-state index contributed by atoms with van der Waals surface area (Å²) in [6, 6.07) is 5.01. The molecule has 0 aliphatic carbocycles. The average molecular weight is 218 g/mol. The molecule has 1 aromatic heterocycles. The standard InChI is InChI=1S/C14H22N2/c1-3-12-4-5-13(16-10-12)9-14-8-11(2)6-7-15-14/h4-5,10-11,14-15H,3,6-9H2,1-2H3. The number of hydrogen-bond donors (Lipinski definition) is 1. The van der Waals surface area contributed by atoms with Gasteiger partial charge in [0.1, 0.15) is 0 Å². The van der Waals surface area contributed by atoms with E-state index in [1.807, 2.05) is 6.20 Å². The Hall–Kier alpha value is -0.890. The molecule has 0 saturated carbocycles. The Balaban J connectivity index is 1.92. The summed E-state index contributed by atoms with van der Waals surface area (Å²) in [4.78, 5) is 4.53. The molecule has 0 bridgehead atoms. The summed E-state index contributed by atoms with van der Waals surface area (Å²) in [5.74, 6) is 0.862. The summed E-state index contributed by atoms with van der Waals surface area (Å²) in [5, 5.41) is 3.59. The third-order valence-electron chi connectivity index (χ3n) is 3.51. The van der Waals surface area contributed by atoms with Gasteiger partial charge in [-0.2, -0.15) is 0 Å². The van der Waals surface area contributed by atoms with Gasteiger partial charge >= 0.3 is 0 Å². The van der Waals surface area contributed by atoms with Crippen molar-refractivity contribution in [3.8, 4) is 0 Å². The zero-order valence-corrected chi connectivity index (χ0v) is 10.4. The average Bonchev–Trinajstić information content (AvgIpc) is 2.30. The van der Waals surface area contributed by atoms with Crippen LogP contribution < -0.4 is 5.32 Å². The third-order valence-corrected chi connectivity index (χ3v) is 3.51. The van der Waals surface area contributed by atoms with Crippen LogP contribution in [-0.4, -0.2) is 17.6 Å². The van der Waals surface area contributed by atoms with Gasteiger partial charge in [0.05, 0.1) is 0 Å². The number of aryl methyl sites for hydroxylation is 1. The SMILES string of the molecule is CCc1ccc(CC2CC(C)CCN2)nc1. The second-order valence-corrected chi connectivity index (χ2v) is 5.00. The Bertz CT molecular complexity index is 318. The molecule has 2 heterocycles. The van der Waals surface area contributed by atoms with Crippen molar-refractivity contribution >= 4 is 0 Å². The molecule has 2 atom stereocenters. The molecule has 1 aliphatic rings. The molecule has 2 unspecified atom stereocenters. The number of nitrogens with zero attached hydrogens (tertiary/aromatic N) is 1. The first-order chi connectivity index (χ1) is 7.78. The third kappa shape index (κ3) is 3.05. The Morgan fingerprint density at radius 1 is 1.44 bits per heavy atom. The van der Waals surface area contributed by atoms with Gasteiger partial charge in [0.25, 0.3) is 0 Å². The van der Waals surface area contributed by atoms with Gasteiger partial charge in [-0.1, -0.05) is 19.9 Å². The minimum atomic E-state index is 0.628. The van der Waals surface area contributed by atoms with E-state index in [0.29, 0.717) is 6.04 Å². The minimum Gasteiger partial charge on any atom is -0.314 e. The molecule has 0 amide bonds. The van der Waals surface area contributed by atoms with E-state index in [1.54, 1.807) is 0 Å². The topological polar surface area (TPSA) is 24.9 Å². The molecule has 1 N–H and O–H groups in total. The van der Waals surface area contributed by atoms with E-state index in [1.165, 1.54) is 30.6 Å². The predicted octanol–water partition coefficient (Wildman–Crippen LogP) is 2.57. The smallest absolute Gasteiger partial charge is 0.0419 e. The van der Waals surface area contributed by atoms with E-state index >= 15 is 0 Å². The van der Waals surface area contributed by atoms with Crippen LogP contribution in [0.15, 0.2) is 18.3 Å². The van der Waals surface area contributed by atoms with E-state index in [2.05, 4.69) is 36.3 Å². The number of rotatable bonds is 3. The monoisotopic (exact) mass is 218 g/mol. The molecule has 1 aromatic rings. The Morgan fingerprint density at radius 2 is 2.31 bits per heavy atom. The highest BCUT2D eigenvalue weighted by Gasteiger charge is 2.18. The minimum absolute atomic E-state index is 0.628. The van der Waals surface area contributed by atoms with E-state index in [4.69, 9.17) is 0 Å². The fourth-order valence-electron chi connectivity index (χ4n) is 2.41. The first-order valence-electron chi connectivity index (χ1n) is 6.45. The number of piperidine rings is 1. The lowest BCUT2D eigenvalue weighted by Gasteiger charge is -2.27. The van der Waals surface area contributed by atoms with Crippen LogP contribution >= 0.6 is 0 Å². The van der Waals surface area contributed by atoms with Gasteiger partial charge < -0.3 is 5.32 Å². The maximum absolute atomic E-state index is 4.53. The fourth-order valence-corrected chi connectivity index (χ4v) is 2.41. The predicted molar refractivity (Wildman–Crippen MR) is 67.5 cm³/mol. The molecular weight excluding hydrogens is 196 g/mol. The van der Waals surface area contributed by atoms with E-state index in [9.17, 15) is 0 Å². The summed E-state index contributed by atoms with van der Waals surface area (Å²) in [7, 11) is 0. The van der Waals surface area contributed by atoms with Gasteiger partial charge in [-0.25, -0.2) is 0 Å². The Kier molecular flexibility index (Phi) is 3.94. The van der Waals surface area contributed by atoms with Gasteiger partial charge in [0.2, 0.25) is 0 Å². The molecule has 0 aromatic carbocycles. The van der Waals surface area contributed by atoms with E-state index in [0.717, 1.165) is 18.8 Å². The highest BCUT2D eigenvalue weighted by Crippen LogP contribution is 2.17. The van der Waals surface area contributed by atoms with Crippen LogP contribution in [0.1, 0.15) is 37.9 Å². The van der Waals surface area contributed by atoms with Crippen molar-refractivity contribution in [1.29, 1.82) is 0 Å². The Labute approximate surface area is 98.5 Å². The molecule has 1 fully saturated rings. The van der Waals surface area contributed by atoms with Crippen molar-refractivity contribution in [3.05, 3.63) is 29.6 Å². The summed E-state index contributed by atoms with van der Waals surface area (Å²) in [5.41, 5.74) is 2.55. The number of aromatic nitrogens is 1. The molecule has 1 saturated heterocycles. The van der Waals surface area contributed by atoms with Gasteiger partial charge in [-0.05, 0) is 43.4 Å². The van der Waals surface area contributed by atoms with Crippen LogP contribution in [0, 0.1) is 5.92 Å². The molecular formula is C14H22N2. The van der Waals surface area contributed by atoms with Crippen molar-refractivity contribution in [2.24, 2.45) is 5.92 Å². The summed E-state index contributed by atoms with van der Waals surface area (Å²) >= 11 is 0. The molecule has 0 radical (unpaired) electrons. The molecule has 16 heavy (non-hydrogen) atoms. The number of hydrogen-bond acceptors (Lipinski definition) is 2. The molecule has 2 rings (SSSR count). The van der Waals surface area contributed by atoms with Gasteiger partial charge in [-0.3, -0.25) is 4.98 Å². The van der Waals surface area contributed by atoms with E-state index in [-0.39, 0.29) is 0 Å². The van der Waals surface area contributed by atoms with Crippen LogP contribution in [0.25, 0.3) is 0 Å². The first kappa shape index (κ1) is 11.6.